The Morgan fingerprint density at radius 2 is 1.83 bits per heavy atom. The summed E-state index contributed by atoms with van der Waals surface area (Å²) in [5.41, 5.74) is 11.1. The minimum atomic E-state index is -0.434. The van der Waals surface area contributed by atoms with E-state index < -0.39 is 6.04 Å². The summed E-state index contributed by atoms with van der Waals surface area (Å²) in [5, 5.41) is 5.18. The van der Waals surface area contributed by atoms with Gasteiger partial charge in [-0.2, -0.15) is 5.10 Å². The monoisotopic (exact) mass is 436 g/mol. The molecule has 29 heavy (non-hydrogen) atoms. The second-order valence-electron chi connectivity index (χ2n) is 6.55. The van der Waals surface area contributed by atoms with Gasteiger partial charge in [-0.1, -0.05) is 29.3 Å². The van der Waals surface area contributed by atoms with E-state index in [9.17, 15) is 4.79 Å². The predicted octanol–water partition coefficient (Wildman–Crippen LogP) is 3.46. The van der Waals surface area contributed by atoms with Crippen LogP contribution in [0.3, 0.4) is 0 Å². The standard InChI is InChI=1S/C20H22Cl2N4O3/c1-11(12-5-7-18(28-2)19(9-12)29-3)23-26-20(27)17-10-16(24-25-17)13-4-6-14(21)15(22)8-13/h4-9,16-17,24-25H,10H2,1-3H3,(H,26,27)/b23-11+. The van der Waals surface area contributed by atoms with Crippen LogP contribution in [0, 0.1) is 0 Å². The molecule has 9 heteroatoms. The van der Waals surface area contributed by atoms with Crippen LogP contribution in [0.25, 0.3) is 0 Å². The summed E-state index contributed by atoms with van der Waals surface area (Å²) >= 11 is 12.0. The first-order valence-electron chi connectivity index (χ1n) is 8.95. The van der Waals surface area contributed by atoms with Gasteiger partial charge in [-0.3, -0.25) is 4.79 Å². The van der Waals surface area contributed by atoms with Crippen LogP contribution in [0.2, 0.25) is 10.0 Å². The zero-order valence-electron chi connectivity index (χ0n) is 16.3. The number of benzene rings is 2. The zero-order valence-corrected chi connectivity index (χ0v) is 17.8. The Morgan fingerprint density at radius 3 is 2.52 bits per heavy atom. The molecule has 1 fully saturated rings. The molecule has 1 saturated heterocycles. The number of nitrogens with zero attached hydrogens (tertiary/aromatic N) is 1. The quantitative estimate of drug-likeness (QED) is 0.476. The van der Waals surface area contributed by atoms with E-state index in [1.165, 1.54) is 0 Å². The molecule has 1 aliphatic heterocycles. The van der Waals surface area contributed by atoms with Gasteiger partial charge in [-0.05, 0) is 49.2 Å². The highest BCUT2D eigenvalue weighted by Crippen LogP contribution is 2.29. The second kappa shape index (κ2) is 9.45. The lowest BCUT2D eigenvalue weighted by molar-refractivity contribution is -0.122. The van der Waals surface area contributed by atoms with Crippen LogP contribution in [-0.2, 0) is 4.79 Å². The highest BCUT2D eigenvalue weighted by Gasteiger charge is 2.30. The molecule has 2 atom stereocenters. The van der Waals surface area contributed by atoms with E-state index in [-0.39, 0.29) is 11.9 Å². The fraction of sp³-hybridized carbons (Fsp3) is 0.300. The molecule has 0 bridgehead atoms. The number of amides is 1. The molecule has 3 N–H and O–H groups in total. The number of hydrogen-bond donors (Lipinski definition) is 3. The third-order valence-corrected chi connectivity index (χ3v) is 5.44. The molecule has 1 aliphatic rings. The van der Waals surface area contributed by atoms with Crippen molar-refractivity contribution in [1.29, 1.82) is 0 Å². The summed E-state index contributed by atoms with van der Waals surface area (Å²) < 4.78 is 10.5. The highest BCUT2D eigenvalue weighted by molar-refractivity contribution is 6.42. The van der Waals surface area contributed by atoms with Crippen LogP contribution in [0.5, 0.6) is 11.5 Å². The van der Waals surface area contributed by atoms with Crippen LogP contribution in [0.15, 0.2) is 41.5 Å². The second-order valence-corrected chi connectivity index (χ2v) is 7.36. The number of hydrogen-bond acceptors (Lipinski definition) is 6. The lowest BCUT2D eigenvalue weighted by Gasteiger charge is -2.11. The Balaban J connectivity index is 1.62. The van der Waals surface area contributed by atoms with Gasteiger partial charge in [0.2, 0.25) is 0 Å². The fourth-order valence-electron chi connectivity index (χ4n) is 3.02. The lowest BCUT2D eigenvalue weighted by atomic mass is 10.0. The molecule has 0 aliphatic carbocycles. The van der Waals surface area contributed by atoms with Gasteiger partial charge in [0.1, 0.15) is 6.04 Å². The number of carbonyl (C=O) groups excluding carboxylic acids is 1. The van der Waals surface area contributed by atoms with Gasteiger partial charge < -0.3 is 9.47 Å². The topological polar surface area (TPSA) is 84.0 Å². The number of nitrogens with one attached hydrogen (secondary N) is 3. The van der Waals surface area contributed by atoms with Gasteiger partial charge in [0.15, 0.2) is 11.5 Å². The molecule has 2 aromatic rings. The molecule has 2 aromatic carbocycles. The minimum Gasteiger partial charge on any atom is -0.493 e. The van der Waals surface area contributed by atoms with Crippen molar-refractivity contribution in [2.75, 3.05) is 14.2 Å². The molecule has 3 rings (SSSR count). The number of hydrazone groups is 1. The van der Waals surface area contributed by atoms with E-state index in [4.69, 9.17) is 32.7 Å². The Bertz CT molecular complexity index is 936. The van der Waals surface area contributed by atoms with Crippen molar-refractivity contribution in [3.63, 3.8) is 0 Å². The van der Waals surface area contributed by atoms with Crippen molar-refractivity contribution in [3.05, 3.63) is 57.6 Å². The van der Waals surface area contributed by atoms with Crippen molar-refractivity contribution in [3.8, 4) is 11.5 Å². The van der Waals surface area contributed by atoms with Crippen molar-refractivity contribution < 1.29 is 14.3 Å². The number of carbonyl (C=O) groups is 1. The maximum Gasteiger partial charge on any atom is 0.258 e. The Morgan fingerprint density at radius 1 is 1.07 bits per heavy atom. The smallest absolute Gasteiger partial charge is 0.258 e. The van der Waals surface area contributed by atoms with Crippen LogP contribution < -0.4 is 25.8 Å². The van der Waals surface area contributed by atoms with Gasteiger partial charge in [0.05, 0.1) is 30.0 Å². The molecule has 0 radical (unpaired) electrons. The highest BCUT2D eigenvalue weighted by atomic mass is 35.5. The average molecular weight is 437 g/mol. The molecule has 7 nitrogen and oxygen atoms in total. The molecule has 1 heterocycles. The number of methoxy groups -OCH3 is 2. The molecule has 2 unspecified atom stereocenters. The first kappa shape index (κ1) is 21.4. The molecule has 0 spiro atoms. The normalized spacial score (nSPS) is 19.1. The van der Waals surface area contributed by atoms with Gasteiger partial charge in [-0.25, -0.2) is 16.3 Å². The number of hydrazine groups is 1. The average Bonchev–Trinajstić information content (AvgIpc) is 3.23. The van der Waals surface area contributed by atoms with Gasteiger partial charge in [-0.15, -0.1) is 0 Å². The summed E-state index contributed by atoms with van der Waals surface area (Å²) in [6.45, 7) is 1.81. The minimum absolute atomic E-state index is 0.0588. The first-order valence-corrected chi connectivity index (χ1v) is 9.71. The van der Waals surface area contributed by atoms with E-state index in [2.05, 4.69) is 21.4 Å². The summed E-state index contributed by atoms with van der Waals surface area (Å²) in [6, 6.07) is 10.4. The molecule has 0 aromatic heterocycles. The van der Waals surface area contributed by atoms with Crippen LogP contribution >= 0.6 is 23.2 Å². The van der Waals surface area contributed by atoms with Gasteiger partial charge in [0.25, 0.3) is 5.91 Å². The number of ether oxygens (including phenoxy) is 2. The fourth-order valence-corrected chi connectivity index (χ4v) is 3.33. The van der Waals surface area contributed by atoms with E-state index in [1.54, 1.807) is 45.4 Å². The SMILES string of the molecule is COc1ccc(/C(C)=N/NC(=O)C2CC(c3ccc(Cl)c(Cl)c3)NN2)cc1OC. The Hall–Kier alpha value is -2.32. The van der Waals surface area contributed by atoms with Gasteiger partial charge >= 0.3 is 0 Å². The predicted molar refractivity (Wildman–Crippen MR) is 114 cm³/mol. The summed E-state index contributed by atoms with van der Waals surface area (Å²) in [5.74, 6) is 0.986. The molecule has 1 amide bonds. The summed E-state index contributed by atoms with van der Waals surface area (Å²) in [6.07, 6.45) is 0.550. The third-order valence-electron chi connectivity index (χ3n) is 4.70. The van der Waals surface area contributed by atoms with Crippen LogP contribution in [-0.4, -0.2) is 31.9 Å². The first-order chi connectivity index (χ1) is 13.9. The largest absolute Gasteiger partial charge is 0.493 e. The van der Waals surface area contributed by atoms with E-state index in [0.29, 0.717) is 33.7 Å². The number of rotatable bonds is 6. The van der Waals surface area contributed by atoms with E-state index >= 15 is 0 Å². The van der Waals surface area contributed by atoms with E-state index in [1.807, 2.05) is 12.1 Å². The maximum atomic E-state index is 12.5. The van der Waals surface area contributed by atoms with Crippen LogP contribution in [0.1, 0.15) is 30.5 Å². The lowest BCUT2D eigenvalue weighted by Crippen LogP contribution is -2.41. The molecule has 0 saturated carbocycles. The van der Waals surface area contributed by atoms with E-state index in [0.717, 1.165) is 11.1 Å². The van der Waals surface area contributed by atoms with Gasteiger partial charge in [0, 0.05) is 11.6 Å². The summed E-state index contributed by atoms with van der Waals surface area (Å²) in [4.78, 5) is 12.5. The third kappa shape index (κ3) is 5.00. The number of halogens is 2. The van der Waals surface area contributed by atoms with Crippen molar-refractivity contribution in [2.24, 2.45) is 5.10 Å². The maximum absolute atomic E-state index is 12.5. The zero-order chi connectivity index (χ0) is 21.0. The summed E-state index contributed by atoms with van der Waals surface area (Å²) in [7, 11) is 3.14. The van der Waals surface area contributed by atoms with Crippen molar-refractivity contribution >= 4 is 34.8 Å². The molecule has 154 valence electrons. The van der Waals surface area contributed by atoms with Crippen molar-refractivity contribution in [1.82, 2.24) is 16.3 Å². The Labute approximate surface area is 179 Å². The van der Waals surface area contributed by atoms with Crippen LogP contribution in [0.4, 0.5) is 0 Å². The van der Waals surface area contributed by atoms with Crippen molar-refractivity contribution in [2.45, 2.75) is 25.4 Å². The molecular formula is C20H22Cl2N4O3. The Kier molecular flexibility index (Phi) is 6.97. The molecular weight excluding hydrogens is 415 g/mol.